The number of halogens is 2. The molecule has 0 radical (unpaired) electrons. The van der Waals surface area contributed by atoms with Gasteiger partial charge in [0.15, 0.2) is 0 Å². The van der Waals surface area contributed by atoms with Gasteiger partial charge < -0.3 is 0 Å². The van der Waals surface area contributed by atoms with Crippen molar-refractivity contribution in [2.75, 3.05) is 4.72 Å². The van der Waals surface area contributed by atoms with Gasteiger partial charge in [-0.2, -0.15) is 5.26 Å². The first kappa shape index (κ1) is 14.9. The fourth-order valence-corrected chi connectivity index (χ4v) is 3.21. The number of hydrogen-bond donors (Lipinski definition) is 1. The van der Waals surface area contributed by atoms with E-state index in [1.54, 1.807) is 18.2 Å². The zero-order valence-electron chi connectivity index (χ0n) is 9.97. The third-order valence-corrected chi connectivity index (χ3v) is 4.63. The minimum atomic E-state index is -3.79. The van der Waals surface area contributed by atoms with Gasteiger partial charge in [-0.05, 0) is 36.4 Å². The van der Waals surface area contributed by atoms with Gasteiger partial charge in [-0.3, -0.25) is 4.72 Å². The predicted octanol–water partition coefficient (Wildman–Crippen LogP) is 3.77. The Kier molecular flexibility index (Phi) is 4.33. The van der Waals surface area contributed by atoms with Crippen LogP contribution in [0, 0.1) is 11.3 Å². The highest BCUT2D eigenvalue weighted by atomic mass is 79.9. The fourth-order valence-electron chi connectivity index (χ4n) is 1.51. The highest BCUT2D eigenvalue weighted by Crippen LogP contribution is 2.28. The molecule has 102 valence electrons. The molecule has 0 fully saturated rings. The molecule has 0 aliphatic rings. The van der Waals surface area contributed by atoms with Crippen molar-refractivity contribution in [3.63, 3.8) is 0 Å². The third-order valence-electron chi connectivity index (χ3n) is 2.45. The van der Waals surface area contributed by atoms with Gasteiger partial charge in [0.25, 0.3) is 10.0 Å². The molecule has 4 nitrogen and oxygen atoms in total. The van der Waals surface area contributed by atoms with E-state index in [1.165, 1.54) is 24.3 Å². The average Bonchev–Trinajstić information content (AvgIpc) is 2.43. The molecular weight excluding hydrogens is 364 g/mol. The van der Waals surface area contributed by atoms with Gasteiger partial charge in [0, 0.05) is 4.47 Å². The van der Waals surface area contributed by atoms with Crippen molar-refractivity contribution < 1.29 is 8.42 Å². The van der Waals surface area contributed by atoms with Gasteiger partial charge in [0.2, 0.25) is 0 Å². The highest BCUT2D eigenvalue weighted by molar-refractivity contribution is 9.10. The van der Waals surface area contributed by atoms with Crippen molar-refractivity contribution in [3.8, 4) is 6.07 Å². The maximum absolute atomic E-state index is 12.2. The molecule has 0 saturated carbocycles. The SMILES string of the molecule is N#Cc1cccc(S(=O)(=O)Nc2cc(Br)ccc2Cl)c1. The van der Waals surface area contributed by atoms with E-state index in [0.29, 0.717) is 4.47 Å². The maximum atomic E-state index is 12.2. The molecule has 20 heavy (non-hydrogen) atoms. The summed E-state index contributed by atoms with van der Waals surface area (Å²) in [6, 6.07) is 12.5. The first-order valence-corrected chi connectivity index (χ1v) is 8.06. The number of nitrogens with one attached hydrogen (secondary N) is 1. The van der Waals surface area contributed by atoms with Crippen LogP contribution < -0.4 is 4.72 Å². The van der Waals surface area contributed by atoms with Gasteiger partial charge in [-0.1, -0.05) is 33.6 Å². The lowest BCUT2D eigenvalue weighted by molar-refractivity contribution is 0.601. The van der Waals surface area contributed by atoms with E-state index in [0.717, 1.165) is 0 Å². The highest BCUT2D eigenvalue weighted by Gasteiger charge is 2.16. The molecule has 0 amide bonds. The van der Waals surface area contributed by atoms with Crippen molar-refractivity contribution in [1.82, 2.24) is 0 Å². The van der Waals surface area contributed by atoms with Crippen LogP contribution >= 0.6 is 27.5 Å². The molecule has 2 aromatic rings. The molecule has 0 bridgehead atoms. The van der Waals surface area contributed by atoms with E-state index in [9.17, 15) is 8.42 Å². The van der Waals surface area contributed by atoms with E-state index in [-0.39, 0.29) is 21.2 Å². The summed E-state index contributed by atoms with van der Waals surface area (Å²) in [6.07, 6.45) is 0. The molecular formula is C13H8BrClN2O2S. The minimum absolute atomic E-state index is 0.00703. The molecule has 0 atom stereocenters. The number of rotatable bonds is 3. The van der Waals surface area contributed by atoms with Crippen LogP contribution in [0.25, 0.3) is 0 Å². The number of nitrogens with zero attached hydrogens (tertiary/aromatic N) is 1. The number of anilines is 1. The third kappa shape index (κ3) is 3.31. The second-order valence-corrected chi connectivity index (χ2v) is 6.87. The van der Waals surface area contributed by atoms with Crippen LogP contribution in [0.15, 0.2) is 51.8 Å². The minimum Gasteiger partial charge on any atom is -0.278 e. The zero-order chi connectivity index (χ0) is 14.8. The summed E-state index contributed by atoms with van der Waals surface area (Å²) in [5, 5.41) is 9.09. The van der Waals surface area contributed by atoms with Crippen molar-refractivity contribution in [1.29, 1.82) is 5.26 Å². The topological polar surface area (TPSA) is 70.0 Å². The summed E-state index contributed by atoms with van der Waals surface area (Å²) in [4.78, 5) is 0.00703. The summed E-state index contributed by atoms with van der Waals surface area (Å²) in [6.45, 7) is 0. The summed E-state index contributed by atoms with van der Waals surface area (Å²) >= 11 is 9.19. The molecule has 0 heterocycles. The second-order valence-electron chi connectivity index (χ2n) is 3.87. The fraction of sp³-hybridized carbons (Fsp3) is 0. The molecule has 0 saturated heterocycles. The molecule has 0 unspecified atom stereocenters. The molecule has 1 N–H and O–H groups in total. The summed E-state index contributed by atoms with van der Waals surface area (Å²) < 4.78 is 27.6. The summed E-state index contributed by atoms with van der Waals surface area (Å²) in [5.41, 5.74) is 0.539. The van der Waals surface area contributed by atoms with E-state index < -0.39 is 10.0 Å². The largest absolute Gasteiger partial charge is 0.278 e. The molecule has 7 heteroatoms. The smallest absolute Gasteiger partial charge is 0.261 e. The second kappa shape index (κ2) is 5.83. The van der Waals surface area contributed by atoms with E-state index >= 15 is 0 Å². The van der Waals surface area contributed by atoms with Crippen LogP contribution in [0.3, 0.4) is 0 Å². The number of sulfonamides is 1. The Labute approximate surface area is 130 Å². The lowest BCUT2D eigenvalue weighted by Gasteiger charge is -2.10. The molecule has 0 aliphatic carbocycles. The Morgan fingerprint density at radius 1 is 1.20 bits per heavy atom. The summed E-state index contributed by atoms with van der Waals surface area (Å²) in [5.74, 6) is 0. The van der Waals surface area contributed by atoms with E-state index in [4.69, 9.17) is 16.9 Å². The van der Waals surface area contributed by atoms with Crippen LogP contribution in [-0.2, 0) is 10.0 Å². The Morgan fingerprint density at radius 3 is 2.65 bits per heavy atom. The van der Waals surface area contributed by atoms with Gasteiger partial charge in [-0.25, -0.2) is 8.42 Å². The number of benzene rings is 2. The standard InChI is InChI=1S/C13H8BrClN2O2S/c14-10-4-5-12(15)13(7-10)17-20(18,19)11-3-1-2-9(6-11)8-16/h1-7,17H. The lowest BCUT2D eigenvalue weighted by atomic mass is 10.2. The zero-order valence-corrected chi connectivity index (χ0v) is 13.1. The Hall–Kier alpha value is -1.55. The first-order valence-electron chi connectivity index (χ1n) is 5.40. The molecule has 0 spiro atoms. The Balaban J connectivity index is 2.41. The van der Waals surface area contributed by atoms with E-state index in [1.807, 2.05) is 6.07 Å². The monoisotopic (exact) mass is 370 g/mol. The quantitative estimate of drug-likeness (QED) is 0.892. The van der Waals surface area contributed by atoms with Crippen molar-refractivity contribution in [2.45, 2.75) is 4.90 Å². The number of hydrogen-bond acceptors (Lipinski definition) is 3. The predicted molar refractivity (Wildman–Crippen MR) is 81.1 cm³/mol. The normalized spacial score (nSPS) is 10.8. The Bertz CT molecular complexity index is 800. The van der Waals surface area contributed by atoms with E-state index in [2.05, 4.69) is 20.7 Å². The van der Waals surface area contributed by atoms with Crippen LogP contribution in [0.1, 0.15) is 5.56 Å². The van der Waals surface area contributed by atoms with Crippen LogP contribution in [0.5, 0.6) is 0 Å². The van der Waals surface area contributed by atoms with Gasteiger partial charge >= 0.3 is 0 Å². The van der Waals surface area contributed by atoms with Crippen molar-refractivity contribution in [2.24, 2.45) is 0 Å². The van der Waals surface area contributed by atoms with Crippen LogP contribution in [-0.4, -0.2) is 8.42 Å². The average molecular weight is 372 g/mol. The number of nitriles is 1. The van der Waals surface area contributed by atoms with Crippen molar-refractivity contribution >= 4 is 43.2 Å². The Morgan fingerprint density at radius 2 is 1.95 bits per heavy atom. The van der Waals surface area contributed by atoms with Crippen LogP contribution in [0.4, 0.5) is 5.69 Å². The van der Waals surface area contributed by atoms with Crippen LogP contribution in [0.2, 0.25) is 5.02 Å². The molecule has 0 aromatic heterocycles. The first-order chi connectivity index (χ1) is 9.42. The van der Waals surface area contributed by atoms with Gasteiger partial charge in [-0.15, -0.1) is 0 Å². The maximum Gasteiger partial charge on any atom is 0.261 e. The van der Waals surface area contributed by atoms with Gasteiger partial charge in [0.05, 0.1) is 27.2 Å². The summed E-state index contributed by atoms with van der Waals surface area (Å²) in [7, 11) is -3.79. The molecule has 2 aromatic carbocycles. The molecule has 0 aliphatic heterocycles. The molecule has 2 rings (SSSR count). The van der Waals surface area contributed by atoms with Crippen molar-refractivity contribution in [3.05, 3.63) is 57.5 Å². The van der Waals surface area contributed by atoms with Gasteiger partial charge in [0.1, 0.15) is 0 Å². The lowest BCUT2D eigenvalue weighted by Crippen LogP contribution is -2.13.